The summed E-state index contributed by atoms with van der Waals surface area (Å²) in [6.07, 6.45) is 3.44. The van der Waals surface area contributed by atoms with E-state index in [0.717, 1.165) is 64.6 Å². The highest BCUT2D eigenvalue weighted by Gasteiger charge is 2.22. The number of hydrogen-bond acceptors (Lipinski definition) is 3. The molecule has 1 aliphatic rings. The van der Waals surface area contributed by atoms with Gasteiger partial charge in [0.05, 0.1) is 12.6 Å². The molecule has 1 aromatic carbocycles. The Morgan fingerprint density at radius 2 is 1.81 bits per heavy atom. The van der Waals surface area contributed by atoms with Crippen molar-refractivity contribution in [2.24, 2.45) is 4.99 Å². The van der Waals surface area contributed by atoms with Crippen molar-refractivity contribution in [3.8, 4) is 0 Å². The lowest BCUT2D eigenvalue weighted by Crippen LogP contribution is -2.47. The minimum Gasteiger partial charge on any atom is -0.385 e. The van der Waals surface area contributed by atoms with E-state index in [1.54, 1.807) is 7.11 Å². The van der Waals surface area contributed by atoms with Gasteiger partial charge in [0, 0.05) is 40.0 Å². The quantitative estimate of drug-likeness (QED) is 0.428. The summed E-state index contributed by atoms with van der Waals surface area (Å²) < 4.78 is 11.1. The van der Waals surface area contributed by atoms with Crippen molar-refractivity contribution < 1.29 is 9.47 Å². The molecule has 27 heavy (non-hydrogen) atoms. The molecular weight excluding hydrogens is 338 g/mol. The second kappa shape index (κ2) is 11.3. The second-order valence-corrected chi connectivity index (χ2v) is 7.45. The van der Waals surface area contributed by atoms with Crippen LogP contribution in [0.5, 0.6) is 0 Å². The third kappa shape index (κ3) is 6.82. The Bertz CT molecular complexity index is 585. The highest BCUT2D eigenvalue weighted by Crippen LogP contribution is 2.18. The summed E-state index contributed by atoms with van der Waals surface area (Å²) in [7, 11) is 1.74. The van der Waals surface area contributed by atoms with E-state index in [9.17, 15) is 0 Å². The lowest BCUT2D eigenvalue weighted by molar-refractivity contribution is 0.00990. The lowest BCUT2D eigenvalue weighted by Gasteiger charge is -2.34. The first kappa shape index (κ1) is 21.7. The molecule has 0 unspecified atom stereocenters. The number of nitrogens with zero attached hydrogens (tertiary/aromatic N) is 2. The third-order valence-corrected chi connectivity index (χ3v) is 5.15. The van der Waals surface area contributed by atoms with E-state index in [1.807, 2.05) is 0 Å². The number of likely N-dealkylation sites (tertiary alicyclic amines) is 1. The summed E-state index contributed by atoms with van der Waals surface area (Å²) in [5.74, 6) is 1.02. The van der Waals surface area contributed by atoms with Crippen LogP contribution in [0.4, 0.5) is 0 Å². The zero-order valence-corrected chi connectivity index (χ0v) is 17.8. The van der Waals surface area contributed by atoms with Crippen molar-refractivity contribution >= 4 is 5.96 Å². The van der Waals surface area contributed by atoms with Gasteiger partial charge in [0.1, 0.15) is 0 Å². The minimum atomic E-state index is 0.363. The summed E-state index contributed by atoms with van der Waals surface area (Å²) in [5.41, 5.74) is 5.31. The average molecular weight is 376 g/mol. The van der Waals surface area contributed by atoms with Crippen LogP contribution in [-0.2, 0) is 16.0 Å². The fourth-order valence-electron chi connectivity index (χ4n) is 3.73. The Balaban J connectivity index is 1.93. The lowest BCUT2D eigenvalue weighted by atomic mass is 10.00. The molecule has 5 heteroatoms. The van der Waals surface area contributed by atoms with Crippen LogP contribution in [0, 0.1) is 20.8 Å². The van der Waals surface area contributed by atoms with E-state index in [-0.39, 0.29) is 0 Å². The van der Waals surface area contributed by atoms with E-state index >= 15 is 0 Å². The van der Waals surface area contributed by atoms with Gasteiger partial charge in [0.2, 0.25) is 0 Å². The zero-order chi connectivity index (χ0) is 19.6. The standard InChI is InChI=1S/C22H37N3O2/c1-6-23-22(24-16-21-18(3)14-17(2)15-19(21)4)25-10-8-20(9-11-25)27-13-7-12-26-5/h14-15,20H,6-13,16H2,1-5H3,(H,23,24). The van der Waals surface area contributed by atoms with Gasteiger partial charge >= 0.3 is 0 Å². The molecule has 0 spiro atoms. The topological polar surface area (TPSA) is 46.1 Å². The smallest absolute Gasteiger partial charge is 0.194 e. The summed E-state index contributed by atoms with van der Waals surface area (Å²) >= 11 is 0. The number of aliphatic imine (C=N–C) groups is 1. The molecule has 152 valence electrons. The molecule has 1 aromatic rings. The van der Waals surface area contributed by atoms with E-state index in [0.29, 0.717) is 6.10 Å². The molecule has 0 atom stereocenters. The van der Waals surface area contributed by atoms with Crippen LogP contribution in [0.15, 0.2) is 17.1 Å². The van der Waals surface area contributed by atoms with Gasteiger partial charge in [0.15, 0.2) is 5.96 Å². The number of rotatable bonds is 8. The van der Waals surface area contributed by atoms with Crippen LogP contribution in [0.3, 0.4) is 0 Å². The van der Waals surface area contributed by atoms with Crippen molar-refractivity contribution in [2.45, 2.75) is 59.6 Å². The molecular formula is C22H37N3O2. The Labute approximate surface area is 165 Å². The molecule has 0 saturated carbocycles. The maximum Gasteiger partial charge on any atom is 0.194 e. The van der Waals surface area contributed by atoms with Gasteiger partial charge in [-0.2, -0.15) is 0 Å². The molecule has 0 aromatic heterocycles. The van der Waals surface area contributed by atoms with Crippen molar-refractivity contribution in [3.05, 3.63) is 34.4 Å². The van der Waals surface area contributed by atoms with E-state index < -0.39 is 0 Å². The molecule has 0 amide bonds. The molecule has 1 saturated heterocycles. The maximum absolute atomic E-state index is 5.98. The van der Waals surface area contributed by atoms with Crippen LogP contribution < -0.4 is 5.32 Å². The number of benzene rings is 1. The Morgan fingerprint density at radius 3 is 2.41 bits per heavy atom. The Morgan fingerprint density at radius 1 is 1.15 bits per heavy atom. The highest BCUT2D eigenvalue weighted by molar-refractivity contribution is 5.80. The molecule has 5 nitrogen and oxygen atoms in total. The van der Waals surface area contributed by atoms with Crippen molar-refractivity contribution in [3.63, 3.8) is 0 Å². The maximum atomic E-state index is 5.98. The zero-order valence-electron chi connectivity index (χ0n) is 17.8. The number of piperidine rings is 1. The number of nitrogens with one attached hydrogen (secondary N) is 1. The number of guanidine groups is 1. The van der Waals surface area contributed by atoms with Gasteiger partial charge in [0.25, 0.3) is 0 Å². The fraction of sp³-hybridized carbons (Fsp3) is 0.682. The number of methoxy groups -OCH3 is 1. The SMILES string of the molecule is CCNC(=NCc1c(C)cc(C)cc1C)N1CCC(OCCCOC)CC1. The van der Waals surface area contributed by atoms with Crippen LogP contribution in [0.25, 0.3) is 0 Å². The number of aryl methyl sites for hydroxylation is 3. The van der Waals surface area contributed by atoms with Crippen LogP contribution in [0.2, 0.25) is 0 Å². The number of hydrogen-bond donors (Lipinski definition) is 1. The summed E-state index contributed by atoms with van der Waals surface area (Å²) in [4.78, 5) is 7.32. The fourth-order valence-corrected chi connectivity index (χ4v) is 3.73. The molecule has 1 N–H and O–H groups in total. The highest BCUT2D eigenvalue weighted by atomic mass is 16.5. The van der Waals surface area contributed by atoms with Gasteiger partial charge in [-0.05, 0) is 63.6 Å². The van der Waals surface area contributed by atoms with Crippen molar-refractivity contribution in [1.82, 2.24) is 10.2 Å². The van der Waals surface area contributed by atoms with E-state index in [4.69, 9.17) is 14.5 Å². The summed E-state index contributed by atoms with van der Waals surface area (Å²) in [6.45, 7) is 13.8. The third-order valence-electron chi connectivity index (χ3n) is 5.15. The monoisotopic (exact) mass is 375 g/mol. The first-order chi connectivity index (χ1) is 13.0. The van der Waals surface area contributed by atoms with Gasteiger partial charge in [-0.3, -0.25) is 0 Å². The summed E-state index contributed by atoms with van der Waals surface area (Å²) in [5, 5.41) is 3.47. The van der Waals surface area contributed by atoms with Gasteiger partial charge in [-0.15, -0.1) is 0 Å². The van der Waals surface area contributed by atoms with E-state index in [1.165, 1.54) is 22.3 Å². The minimum absolute atomic E-state index is 0.363. The second-order valence-electron chi connectivity index (χ2n) is 7.45. The van der Waals surface area contributed by atoms with Gasteiger partial charge < -0.3 is 19.7 Å². The molecule has 1 heterocycles. The van der Waals surface area contributed by atoms with E-state index in [2.05, 4.69) is 50.0 Å². The van der Waals surface area contributed by atoms with Crippen LogP contribution in [-0.4, -0.2) is 56.9 Å². The number of ether oxygens (including phenoxy) is 2. The Kier molecular flexibility index (Phi) is 9.08. The molecule has 0 bridgehead atoms. The summed E-state index contributed by atoms with van der Waals surface area (Å²) in [6, 6.07) is 4.49. The molecule has 0 radical (unpaired) electrons. The Hall–Kier alpha value is -1.59. The van der Waals surface area contributed by atoms with Gasteiger partial charge in [-0.1, -0.05) is 17.7 Å². The predicted octanol–water partition coefficient (Wildman–Crippen LogP) is 3.59. The first-order valence-electron chi connectivity index (χ1n) is 10.3. The van der Waals surface area contributed by atoms with Crippen LogP contribution >= 0.6 is 0 Å². The molecule has 0 aliphatic carbocycles. The van der Waals surface area contributed by atoms with Gasteiger partial charge in [-0.25, -0.2) is 4.99 Å². The molecule has 2 rings (SSSR count). The molecule has 1 aliphatic heterocycles. The predicted molar refractivity (Wildman–Crippen MR) is 113 cm³/mol. The van der Waals surface area contributed by atoms with Crippen molar-refractivity contribution in [2.75, 3.05) is 40.0 Å². The van der Waals surface area contributed by atoms with Crippen LogP contribution in [0.1, 0.15) is 48.4 Å². The normalized spacial score (nSPS) is 16.0. The first-order valence-corrected chi connectivity index (χ1v) is 10.3. The van der Waals surface area contributed by atoms with Crippen molar-refractivity contribution in [1.29, 1.82) is 0 Å². The largest absolute Gasteiger partial charge is 0.385 e. The average Bonchev–Trinajstić information content (AvgIpc) is 2.64. The molecule has 1 fully saturated rings.